The quantitative estimate of drug-likeness (QED) is 0.891. The molecule has 1 aromatic rings. The molecule has 0 aromatic heterocycles. The standard InChI is InChI=1S/C13H18BrNO/c1-9-3-2-4-12(9)15-8-10-7-11(14)5-6-13(10)16/h5-7,9,12,15-16H,2-4,8H2,1H3. The molecule has 1 aliphatic rings. The number of phenols is 1. The van der Waals surface area contributed by atoms with Crippen molar-refractivity contribution in [1.29, 1.82) is 0 Å². The molecule has 0 amide bonds. The first-order valence-electron chi connectivity index (χ1n) is 5.87. The molecule has 2 unspecified atom stereocenters. The highest BCUT2D eigenvalue weighted by molar-refractivity contribution is 9.10. The van der Waals surface area contributed by atoms with Gasteiger partial charge >= 0.3 is 0 Å². The van der Waals surface area contributed by atoms with Gasteiger partial charge in [0.25, 0.3) is 0 Å². The number of hydrogen-bond donors (Lipinski definition) is 2. The van der Waals surface area contributed by atoms with Crippen LogP contribution >= 0.6 is 15.9 Å². The van der Waals surface area contributed by atoms with Crippen molar-refractivity contribution in [3.05, 3.63) is 28.2 Å². The lowest BCUT2D eigenvalue weighted by Gasteiger charge is -2.17. The normalized spacial score (nSPS) is 24.9. The fourth-order valence-electron chi connectivity index (χ4n) is 2.39. The van der Waals surface area contributed by atoms with E-state index in [4.69, 9.17) is 0 Å². The number of aromatic hydroxyl groups is 1. The Hall–Kier alpha value is -0.540. The average molecular weight is 284 g/mol. The smallest absolute Gasteiger partial charge is 0.120 e. The summed E-state index contributed by atoms with van der Waals surface area (Å²) in [5.74, 6) is 1.13. The molecule has 0 spiro atoms. The minimum Gasteiger partial charge on any atom is -0.508 e. The third-order valence-electron chi connectivity index (χ3n) is 3.46. The van der Waals surface area contributed by atoms with E-state index in [9.17, 15) is 5.11 Å². The second kappa shape index (κ2) is 5.19. The highest BCUT2D eigenvalue weighted by Gasteiger charge is 2.22. The van der Waals surface area contributed by atoms with Gasteiger partial charge in [-0.25, -0.2) is 0 Å². The van der Waals surface area contributed by atoms with Crippen LogP contribution in [0.5, 0.6) is 5.75 Å². The van der Waals surface area contributed by atoms with Crippen LogP contribution in [0.1, 0.15) is 31.7 Å². The van der Waals surface area contributed by atoms with Crippen LogP contribution in [-0.4, -0.2) is 11.1 Å². The monoisotopic (exact) mass is 283 g/mol. The molecular formula is C13H18BrNO. The summed E-state index contributed by atoms with van der Waals surface area (Å²) < 4.78 is 1.02. The van der Waals surface area contributed by atoms with E-state index in [0.717, 1.165) is 22.5 Å². The maximum atomic E-state index is 9.71. The second-order valence-corrected chi connectivity index (χ2v) is 5.58. The number of benzene rings is 1. The van der Waals surface area contributed by atoms with E-state index in [-0.39, 0.29) is 0 Å². The fraction of sp³-hybridized carbons (Fsp3) is 0.538. The summed E-state index contributed by atoms with van der Waals surface area (Å²) in [6, 6.07) is 6.18. The Morgan fingerprint density at radius 3 is 2.94 bits per heavy atom. The minimum absolute atomic E-state index is 0.376. The number of hydrogen-bond acceptors (Lipinski definition) is 2. The van der Waals surface area contributed by atoms with Crippen LogP contribution in [0.15, 0.2) is 22.7 Å². The molecule has 2 rings (SSSR count). The van der Waals surface area contributed by atoms with Crippen molar-refractivity contribution in [2.75, 3.05) is 0 Å². The summed E-state index contributed by atoms with van der Waals surface area (Å²) in [6.07, 6.45) is 3.90. The molecule has 88 valence electrons. The van der Waals surface area contributed by atoms with E-state index < -0.39 is 0 Å². The van der Waals surface area contributed by atoms with E-state index in [2.05, 4.69) is 28.2 Å². The van der Waals surface area contributed by atoms with Gasteiger partial charge in [-0.15, -0.1) is 0 Å². The molecule has 1 aliphatic carbocycles. The molecule has 2 atom stereocenters. The zero-order valence-electron chi connectivity index (χ0n) is 9.54. The highest BCUT2D eigenvalue weighted by Crippen LogP contribution is 2.26. The van der Waals surface area contributed by atoms with Crippen LogP contribution in [0.2, 0.25) is 0 Å². The lowest BCUT2D eigenvalue weighted by atomic mass is 10.1. The molecular weight excluding hydrogens is 266 g/mol. The van der Waals surface area contributed by atoms with Gasteiger partial charge in [0, 0.05) is 22.6 Å². The maximum Gasteiger partial charge on any atom is 0.120 e. The molecule has 0 aliphatic heterocycles. The van der Waals surface area contributed by atoms with Crippen molar-refractivity contribution in [1.82, 2.24) is 5.32 Å². The Kier molecular flexibility index (Phi) is 3.87. The summed E-state index contributed by atoms with van der Waals surface area (Å²) in [4.78, 5) is 0. The van der Waals surface area contributed by atoms with Gasteiger partial charge in [0.05, 0.1) is 0 Å². The second-order valence-electron chi connectivity index (χ2n) is 4.67. The Morgan fingerprint density at radius 2 is 2.25 bits per heavy atom. The van der Waals surface area contributed by atoms with Gasteiger partial charge in [-0.1, -0.05) is 29.3 Å². The van der Waals surface area contributed by atoms with E-state index >= 15 is 0 Å². The SMILES string of the molecule is CC1CCCC1NCc1cc(Br)ccc1O. The topological polar surface area (TPSA) is 32.3 Å². The number of rotatable bonds is 3. The third-order valence-corrected chi connectivity index (χ3v) is 3.95. The van der Waals surface area contributed by atoms with Crippen LogP contribution in [0.25, 0.3) is 0 Å². The average Bonchev–Trinajstić information content (AvgIpc) is 2.66. The summed E-state index contributed by atoms with van der Waals surface area (Å²) in [5.41, 5.74) is 0.966. The summed E-state index contributed by atoms with van der Waals surface area (Å²) >= 11 is 3.42. The summed E-state index contributed by atoms with van der Waals surface area (Å²) in [7, 11) is 0. The van der Waals surface area contributed by atoms with E-state index in [1.807, 2.05) is 12.1 Å². The van der Waals surface area contributed by atoms with E-state index in [1.165, 1.54) is 19.3 Å². The van der Waals surface area contributed by atoms with Crippen molar-refractivity contribution in [2.24, 2.45) is 5.92 Å². The van der Waals surface area contributed by atoms with Crippen LogP contribution in [-0.2, 0) is 6.54 Å². The molecule has 0 saturated heterocycles. The first kappa shape index (κ1) is 11.9. The van der Waals surface area contributed by atoms with Crippen molar-refractivity contribution >= 4 is 15.9 Å². The van der Waals surface area contributed by atoms with Gasteiger partial charge in [-0.2, -0.15) is 0 Å². The summed E-state index contributed by atoms with van der Waals surface area (Å²) in [5, 5.41) is 13.2. The number of nitrogens with one attached hydrogen (secondary N) is 1. The van der Waals surface area contributed by atoms with Crippen molar-refractivity contribution < 1.29 is 5.11 Å². The van der Waals surface area contributed by atoms with Gasteiger partial charge < -0.3 is 10.4 Å². The van der Waals surface area contributed by atoms with Gasteiger partial charge in [-0.3, -0.25) is 0 Å². The van der Waals surface area contributed by atoms with Crippen molar-refractivity contribution in [3.63, 3.8) is 0 Å². The minimum atomic E-state index is 0.376. The van der Waals surface area contributed by atoms with Crippen LogP contribution in [0, 0.1) is 5.92 Å². The van der Waals surface area contributed by atoms with Gasteiger partial charge in [0.2, 0.25) is 0 Å². The zero-order chi connectivity index (χ0) is 11.5. The largest absolute Gasteiger partial charge is 0.508 e. The molecule has 16 heavy (non-hydrogen) atoms. The van der Waals surface area contributed by atoms with Crippen molar-refractivity contribution in [2.45, 2.75) is 38.8 Å². The zero-order valence-corrected chi connectivity index (χ0v) is 11.1. The van der Waals surface area contributed by atoms with Gasteiger partial charge in [-0.05, 0) is 37.0 Å². The van der Waals surface area contributed by atoms with Crippen LogP contribution in [0.3, 0.4) is 0 Å². The molecule has 1 saturated carbocycles. The van der Waals surface area contributed by atoms with E-state index in [1.54, 1.807) is 6.07 Å². The first-order valence-corrected chi connectivity index (χ1v) is 6.67. The molecule has 2 nitrogen and oxygen atoms in total. The van der Waals surface area contributed by atoms with Gasteiger partial charge in [0.15, 0.2) is 0 Å². The Balaban J connectivity index is 1.96. The number of halogens is 1. The molecule has 0 heterocycles. The van der Waals surface area contributed by atoms with Gasteiger partial charge in [0.1, 0.15) is 5.75 Å². The fourth-order valence-corrected chi connectivity index (χ4v) is 2.79. The maximum absolute atomic E-state index is 9.71. The lowest BCUT2D eigenvalue weighted by Crippen LogP contribution is -2.30. The Morgan fingerprint density at radius 1 is 1.44 bits per heavy atom. The lowest BCUT2D eigenvalue weighted by molar-refractivity contribution is 0.415. The highest BCUT2D eigenvalue weighted by atomic mass is 79.9. The molecule has 1 fully saturated rings. The van der Waals surface area contributed by atoms with Crippen LogP contribution < -0.4 is 5.32 Å². The third kappa shape index (κ3) is 2.77. The van der Waals surface area contributed by atoms with E-state index in [0.29, 0.717) is 11.8 Å². The van der Waals surface area contributed by atoms with Crippen molar-refractivity contribution in [3.8, 4) is 5.75 Å². The summed E-state index contributed by atoms with van der Waals surface area (Å²) in [6.45, 7) is 3.05. The molecule has 0 radical (unpaired) electrons. The molecule has 1 aromatic carbocycles. The predicted molar refractivity (Wildman–Crippen MR) is 69.4 cm³/mol. The molecule has 2 N–H and O–H groups in total. The van der Waals surface area contributed by atoms with Crippen LogP contribution in [0.4, 0.5) is 0 Å². The predicted octanol–water partition coefficient (Wildman–Crippen LogP) is 3.43. The molecule has 3 heteroatoms. The molecule has 0 bridgehead atoms. The Bertz CT molecular complexity index is 367. The first-order chi connectivity index (χ1) is 7.66. The Labute approximate surface area is 105 Å². The number of phenolic OH excluding ortho intramolecular Hbond substituents is 1.